The number of nitrogens with zero attached hydrogens (tertiary/aromatic N) is 2. The number of aromatic nitrogens is 2. The molecule has 1 aromatic heterocycles. The Kier molecular flexibility index (Phi) is 6.32. The van der Waals surface area contributed by atoms with Crippen molar-refractivity contribution in [3.63, 3.8) is 0 Å². The van der Waals surface area contributed by atoms with E-state index in [1.807, 2.05) is 48.9 Å². The van der Waals surface area contributed by atoms with Crippen molar-refractivity contribution in [1.29, 1.82) is 0 Å². The van der Waals surface area contributed by atoms with Gasteiger partial charge in [0.1, 0.15) is 0 Å². The van der Waals surface area contributed by atoms with Gasteiger partial charge in [-0.2, -0.15) is 18.3 Å². The molecule has 0 aliphatic heterocycles. The van der Waals surface area contributed by atoms with E-state index in [2.05, 4.69) is 10.4 Å². The minimum absolute atomic E-state index is 0.0817. The van der Waals surface area contributed by atoms with Gasteiger partial charge in [-0.3, -0.25) is 4.79 Å². The number of anilines is 1. The molecule has 29 heavy (non-hydrogen) atoms. The minimum Gasteiger partial charge on any atom is -0.326 e. The highest BCUT2D eigenvalue weighted by molar-refractivity contribution is 8.00. The molecule has 3 rings (SSSR count). The van der Waals surface area contributed by atoms with Crippen LogP contribution in [-0.2, 0) is 11.2 Å². The normalized spacial score (nSPS) is 11.5. The van der Waals surface area contributed by atoms with Crippen molar-refractivity contribution in [2.24, 2.45) is 0 Å². The second-order valence-electron chi connectivity index (χ2n) is 6.63. The summed E-state index contributed by atoms with van der Waals surface area (Å²) in [5, 5.41) is 7.15. The number of halogens is 3. The summed E-state index contributed by atoms with van der Waals surface area (Å²) >= 11 is -0.181. The van der Waals surface area contributed by atoms with E-state index in [1.165, 1.54) is 24.3 Å². The smallest absolute Gasteiger partial charge is 0.326 e. The first kappa shape index (κ1) is 21.0. The lowest BCUT2D eigenvalue weighted by molar-refractivity contribution is -0.116. The summed E-state index contributed by atoms with van der Waals surface area (Å²) in [6.07, 6.45) is 0.837. The first-order chi connectivity index (χ1) is 13.7. The number of carbonyl (C=O) groups is 1. The van der Waals surface area contributed by atoms with Gasteiger partial charge >= 0.3 is 5.51 Å². The molecular formula is C21H20F3N3OS. The van der Waals surface area contributed by atoms with Crippen LogP contribution in [0.2, 0.25) is 0 Å². The lowest BCUT2D eigenvalue weighted by Crippen LogP contribution is -2.12. The molecule has 3 aromatic rings. The van der Waals surface area contributed by atoms with Crippen molar-refractivity contribution in [3.8, 4) is 5.69 Å². The number of carbonyl (C=O) groups excluding carboxylic acids is 1. The lowest BCUT2D eigenvalue weighted by Gasteiger charge is -2.09. The van der Waals surface area contributed by atoms with Gasteiger partial charge in [-0.25, -0.2) is 4.68 Å². The Bertz CT molecular complexity index is 980. The second kappa shape index (κ2) is 8.73. The van der Waals surface area contributed by atoms with E-state index in [0.29, 0.717) is 12.1 Å². The van der Waals surface area contributed by atoms with Crippen molar-refractivity contribution in [1.82, 2.24) is 9.78 Å². The number of hydrogen-bond donors (Lipinski definition) is 1. The van der Waals surface area contributed by atoms with Crippen LogP contribution >= 0.6 is 11.8 Å². The third-order valence-electron chi connectivity index (χ3n) is 4.20. The summed E-state index contributed by atoms with van der Waals surface area (Å²) in [7, 11) is 0. The van der Waals surface area contributed by atoms with Crippen LogP contribution in [0.1, 0.15) is 23.4 Å². The van der Waals surface area contributed by atoms with Crippen molar-refractivity contribution < 1.29 is 18.0 Å². The number of nitrogens with one attached hydrogen (secondary N) is 1. The maximum atomic E-state index is 12.3. The maximum Gasteiger partial charge on any atom is 0.446 e. The molecule has 0 radical (unpaired) electrons. The highest BCUT2D eigenvalue weighted by Crippen LogP contribution is 2.37. The minimum atomic E-state index is -4.32. The molecular weight excluding hydrogens is 399 g/mol. The monoisotopic (exact) mass is 419 g/mol. The molecule has 0 saturated carbocycles. The maximum absolute atomic E-state index is 12.3. The van der Waals surface area contributed by atoms with Crippen LogP contribution in [0.25, 0.3) is 5.69 Å². The third-order valence-corrected chi connectivity index (χ3v) is 4.94. The molecule has 0 aliphatic carbocycles. The predicted octanol–water partition coefficient (Wildman–Crippen LogP) is 5.67. The first-order valence-electron chi connectivity index (χ1n) is 8.98. The van der Waals surface area contributed by atoms with Gasteiger partial charge in [0.05, 0.1) is 11.4 Å². The molecule has 0 aliphatic rings. The molecule has 0 atom stereocenters. The second-order valence-corrected chi connectivity index (χ2v) is 7.76. The van der Waals surface area contributed by atoms with Gasteiger partial charge in [0.2, 0.25) is 5.91 Å². The molecule has 8 heteroatoms. The Labute approximate surface area is 171 Å². The molecule has 1 amide bonds. The zero-order chi connectivity index (χ0) is 21.0. The van der Waals surface area contributed by atoms with Gasteiger partial charge in [-0.15, -0.1) is 0 Å². The predicted molar refractivity (Wildman–Crippen MR) is 108 cm³/mol. The quantitative estimate of drug-likeness (QED) is 0.524. The van der Waals surface area contributed by atoms with E-state index in [-0.39, 0.29) is 29.0 Å². The van der Waals surface area contributed by atoms with Crippen LogP contribution in [0, 0.1) is 13.8 Å². The van der Waals surface area contributed by atoms with Crippen molar-refractivity contribution in [2.75, 3.05) is 5.32 Å². The van der Waals surface area contributed by atoms with Gasteiger partial charge in [0.25, 0.3) is 0 Å². The van der Waals surface area contributed by atoms with E-state index in [0.717, 1.165) is 22.6 Å². The summed E-state index contributed by atoms with van der Waals surface area (Å²) in [4.78, 5) is 12.2. The fourth-order valence-corrected chi connectivity index (χ4v) is 3.45. The Hall–Kier alpha value is -2.74. The molecule has 0 fully saturated rings. The van der Waals surface area contributed by atoms with Crippen LogP contribution in [0.5, 0.6) is 0 Å². The molecule has 0 saturated heterocycles. The fourth-order valence-electron chi connectivity index (χ4n) is 2.92. The van der Waals surface area contributed by atoms with Crippen LogP contribution in [0.4, 0.5) is 18.9 Å². The van der Waals surface area contributed by atoms with Crippen molar-refractivity contribution in [2.45, 2.75) is 37.1 Å². The zero-order valence-corrected chi connectivity index (χ0v) is 16.8. The number of alkyl halides is 3. The van der Waals surface area contributed by atoms with E-state index >= 15 is 0 Å². The standard InChI is InChI=1S/C21H20F3N3OS/c1-14-13-15(2)27(26-14)18-8-3-16(4-9-18)5-12-20(28)25-17-6-10-19(11-7-17)29-21(22,23)24/h3-4,6-11,13H,5,12H2,1-2H3,(H,25,28). The van der Waals surface area contributed by atoms with Crippen LogP contribution in [-0.4, -0.2) is 21.2 Å². The zero-order valence-electron chi connectivity index (χ0n) is 16.0. The Morgan fingerprint density at radius 2 is 1.72 bits per heavy atom. The van der Waals surface area contributed by atoms with E-state index < -0.39 is 5.51 Å². The van der Waals surface area contributed by atoms with E-state index in [4.69, 9.17) is 0 Å². The molecule has 0 unspecified atom stereocenters. The van der Waals surface area contributed by atoms with Crippen molar-refractivity contribution >= 4 is 23.4 Å². The number of thioether (sulfide) groups is 1. The Morgan fingerprint density at radius 1 is 1.07 bits per heavy atom. The number of amides is 1. The lowest BCUT2D eigenvalue weighted by atomic mass is 10.1. The summed E-state index contributed by atoms with van der Waals surface area (Å²) in [6.45, 7) is 3.94. The summed E-state index contributed by atoms with van der Waals surface area (Å²) in [6, 6.07) is 15.5. The van der Waals surface area contributed by atoms with Gasteiger partial charge < -0.3 is 5.32 Å². The highest BCUT2D eigenvalue weighted by Gasteiger charge is 2.29. The fraction of sp³-hybridized carbons (Fsp3) is 0.238. The summed E-state index contributed by atoms with van der Waals surface area (Å²) < 4.78 is 38.9. The van der Waals surface area contributed by atoms with Crippen LogP contribution < -0.4 is 5.32 Å². The third kappa shape index (κ3) is 6.12. The molecule has 1 N–H and O–H groups in total. The average Bonchev–Trinajstić information content (AvgIpc) is 2.99. The van der Waals surface area contributed by atoms with Crippen LogP contribution in [0.3, 0.4) is 0 Å². The molecule has 0 spiro atoms. The summed E-state index contributed by atoms with van der Waals surface area (Å²) in [5.41, 5.74) is 0.127. The topological polar surface area (TPSA) is 46.9 Å². The molecule has 2 aromatic carbocycles. The Morgan fingerprint density at radius 3 is 2.28 bits per heavy atom. The van der Waals surface area contributed by atoms with Gasteiger partial charge in [-0.05, 0) is 80.1 Å². The number of hydrogen-bond acceptors (Lipinski definition) is 3. The SMILES string of the molecule is Cc1cc(C)n(-c2ccc(CCC(=O)Nc3ccc(SC(F)(F)F)cc3)cc2)n1. The largest absolute Gasteiger partial charge is 0.446 e. The van der Waals surface area contributed by atoms with Crippen molar-refractivity contribution in [3.05, 3.63) is 71.5 Å². The molecule has 4 nitrogen and oxygen atoms in total. The van der Waals surface area contributed by atoms with E-state index in [1.54, 1.807) is 0 Å². The average molecular weight is 419 g/mol. The first-order valence-corrected chi connectivity index (χ1v) is 9.79. The highest BCUT2D eigenvalue weighted by atomic mass is 32.2. The van der Waals surface area contributed by atoms with Gasteiger partial charge in [-0.1, -0.05) is 12.1 Å². The van der Waals surface area contributed by atoms with Gasteiger partial charge in [0, 0.05) is 22.7 Å². The molecule has 0 bridgehead atoms. The van der Waals surface area contributed by atoms with E-state index in [9.17, 15) is 18.0 Å². The van der Waals surface area contributed by atoms with Gasteiger partial charge in [0.15, 0.2) is 0 Å². The molecule has 152 valence electrons. The number of aryl methyl sites for hydroxylation is 3. The molecule has 1 heterocycles. The number of benzene rings is 2. The Balaban J connectivity index is 1.52. The summed E-state index contributed by atoms with van der Waals surface area (Å²) in [5.74, 6) is -0.191. The van der Waals surface area contributed by atoms with Crippen LogP contribution in [0.15, 0.2) is 59.5 Å². The number of rotatable bonds is 6.